The number of halogens is 1. The van der Waals surface area contributed by atoms with Crippen molar-refractivity contribution in [3.8, 4) is 0 Å². The number of aromatic nitrogens is 1. The van der Waals surface area contributed by atoms with Gasteiger partial charge in [0.15, 0.2) is 0 Å². The van der Waals surface area contributed by atoms with Crippen molar-refractivity contribution in [1.29, 1.82) is 0 Å². The number of benzene rings is 3. The lowest BCUT2D eigenvalue weighted by molar-refractivity contribution is 0.0955. The molecule has 1 N–H and O–H groups in total. The minimum absolute atomic E-state index is 0.0535. The van der Waals surface area contributed by atoms with E-state index < -0.39 is 0 Å². The van der Waals surface area contributed by atoms with Crippen molar-refractivity contribution < 1.29 is 4.79 Å². The molecule has 2 heterocycles. The second-order valence-corrected chi connectivity index (χ2v) is 8.99. The highest BCUT2D eigenvalue weighted by Crippen LogP contribution is 2.37. The van der Waals surface area contributed by atoms with Crippen molar-refractivity contribution >= 4 is 35.1 Å². The third-order valence-electron chi connectivity index (χ3n) is 6.03. The summed E-state index contributed by atoms with van der Waals surface area (Å²) in [5, 5.41) is 11.9. The fourth-order valence-corrected chi connectivity index (χ4v) is 4.19. The van der Waals surface area contributed by atoms with Crippen LogP contribution in [0.25, 0.3) is 0 Å². The van der Waals surface area contributed by atoms with Crippen molar-refractivity contribution in [3.05, 3.63) is 130 Å². The first-order chi connectivity index (χ1) is 17.6. The predicted octanol–water partition coefficient (Wildman–Crippen LogP) is 6.16. The highest BCUT2D eigenvalue weighted by Gasteiger charge is 2.29. The number of hydrazone groups is 2. The summed E-state index contributed by atoms with van der Waals surface area (Å²) in [4.78, 5) is 16.1. The van der Waals surface area contributed by atoms with E-state index in [1.165, 1.54) is 5.56 Å². The van der Waals surface area contributed by atoms with E-state index in [4.69, 9.17) is 16.7 Å². The maximum absolute atomic E-state index is 12.1. The predicted molar refractivity (Wildman–Crippen MR) is 145 cm³/mol. The molecule has 1 aliphatic heterocycles. The van der Waals surface area contributed by atoms with Crippen molar-refractivity contribution in [1.82, 2.24) is 10.4 Å². The van der Waals surface area contributed by atoms with Crippen LogP contribution in [-0.4, -0.2) is 22.8 Å². The monoisotopic (exact) mass is 493 g/mol. The normalized spacial score (nSPS) is 15.2. The third-order valence-corrected chi connectivity index (χ3v) is 6.28. The Labute approximate surface area is 215 Å². The van der Waals surface area contributed by atoms with Gasteiger partial charge in [-0.2, -0.15) is 10.2 Å². The molecule has 3 aromatic carbocycles. The van der Waals surface area contributed by atoms with Gasteiger partial charge in [0.2, 0.25) is 0 Å². The summed E-state index contributed by atoms with van der Waals surface area (Å²) in [6.45, 7) is 2.08. The molecule has 0 aliphatic carbocycles. The summed E-state index contributed by atoms with van der Waals surface area (Å²) < 4.78 is 0. The van der Waals surface area contributed by atoms with Crippen LogP contribution < -0.4 is 10.4 Å². The number of anilines is 1. The number of amides is 1. The zero-order valence-electron chi connectivity index (χ0n) is 19.7. The van der Waals surface area contributed by atoms with Gasteiger partial charge in [-0.05, 0) is 60.0 Å². The molecule has 0 spiro atoms. The Balaban J connectivity index is 1.36. The van der Waals surface area contributed by atoms with E-state index >= 15 is 0 Å². The number of carbonyl (C=O) groups is 1. The average Bonchev–Trinajstić information content (AvgIpc) is 3.36. The third kappa shape index (κ3) is 5.34. The van der Waals surface area contributed by atoms with Crippen LogP contribution in [0.2, 0.25) is 5.02 Å². The number of nitrogens with one attached hydrogen (secondary N) is 1. The molecule has 4 aromatic rings. The number of pyridine rings is 1. The smallest absolute Gasteiger partial charge is 0.267 e. The van der Waals surface area contributed by atoms with Crippen LogP contribution in [0, 0.1) is 6.92 Å². The molecule has 5 rings (SSSR count). The van der Waals surface area contributed by atoms with E-state index in [2.05, 4.69) is 63.8 Å². The Morgan fingerprint density at radius 3 is 2.36 bits per heavy atom. The van der Waals surface area contributed by atoms with Crippen molar-refractivity contribution in [3.63, 3.8) is 0 Å². The number of rotatable bonds is 6. The van der Waals surface area contributed by atoms with Crippen LogP contribution in [-0.2, 0) is 0 Å². The summed E-state index contributed by atoms with van der Waals surface area (Å²) in [6.07, 6.45) is 5.54. The Morgan fingerprint density at radius 1 is 0.972 bits per heavy atom. The number of nitrogens with zero attached hydrogens (tertiary/aromatic N) is 4. The molecule has 1 aromatic heterocycles. The molecule has 178 valence electrons. The number of hydrogen-bond donors (Lipinski definition) is 1. The molecule has 0 saturated carbocycles. The number of carbonyl (C=O) groups excluding carboxylic acids is 1. The molecule has 6 nitrogen and oxygen atoms in total. The quantitative estimate of drug-likeness (QED) is 0.258. The van der Waals surface area contributed by atoms with Crippen LogP contribution in [0.15, 0.2) is 108 Å². The van der Waals surface area contributed by atoms with E-state index in [9.17, 15) is 4.79 Å². The molecular formula is C29H24ClN5O. The van der Waals surface area contributed by atoms with Crippen LogP contribution in [0.3, 0.4) is 0 Å². The summed E-state index contributed by atoms with van der Waals surface area (Å²) in [5.41, 5.74) is 9.40. The molecule has 1 unspecified atom stereocenters. The van der Waals surface area contributed by atoms with Gasteiger partial charge >= 0.3 is 0 Å². The lowest BCUT2D eigenvalue weighted by Crippen LogP contribution is -2.18. The van der Waals surface area contributed by atoms with Gasteiger partial charge in [-0.3, -0.25) is 14.8 Å². The highest BCUT2D eigenvalue weighted by molar-refractivity contribution is 6.30. The Hall–Kier alpha value is -4.29. The van der Waals surface area contributed by atoms with Gasteiger partial charge in [0.25, 0.3) is 5.91 Å². The first-order valence-corrected chi connectivity index (χ1v) is 12.0. The van der Waals surface area contributed by atoms with Crippen molar-refractivity contribution in [2.24, 2.45) is 10.2 Å². The molecule has 1 atom stereocenters. The molecule has 7 heteroatoms. The van der Waals surface area contributed by atoms with Crippen LogP contribution in [0.5, 0.6) is 0 Å². The van der Waals surface area contributed by atoms with Crippen LogP contribution >= 0.6 is 11.6 Å². The molecule has 0 bridgehead atoms. The topological polar surface area (TPSA) is 70.0 Å². The van der Waals surface area contributed by atoms with Crippen LogP contribution in [0.1, 0.15) is 45.1 Å². The fraction of sp³-hybridized carbons (Fsp3) is 0.103. The maximum atomic E-state index is 12.1. The van der Waals surface area contributed by atoms with Gasteiger partial charge in [0.1, 0.15) is 0 Å². The number of hydrogen-bond acceptors (Lipinski definition) is 5. The van der Waals surface area contributed by atoms with Gasteiger partial charge in [-0.15, -0.1) is 0 Å². The second kappa shape index (κ2) is 10.5. The highest BCUT2D eigenvalue weighted by atomic mass is 35.5. The van der Waals surface area contributed by atoms with Crippen LogP contribution in [0.4, 0.5) is 5.69 Å². The summed E-state index contributed by atoms with van der Waals surface area (Å²) in [7, 11) is 0. The molecular weight excluding hydrogens is 470 g/mol. The molecule has 0 saturated heterocycles. The molecule has 1 aliphatic rings. The van der Waals surface area contributed by atoms with Crippen molar-refractivity contribution in [2.75, 3.05) is 5.01 Å². The minimum Gasteiger partial charge on any atom is -0.267 e. The zero-order valence-corrected chi connectivity index (χ0v) is 20.4. The standard InChI is InChI=1S/C29H24ClN5O/c1-20-2-6-22(7-3-20)27-18-28(23-8-10-25(30)11-9-23)35(34-27)26-12-4-21(5-13-26)19-32-33-29(36)24-14-16-31-17-15-24/h2-17,19,28H,18H2,1H3,(H,33,36)/b32-19-. The lowest BCUT2D eigenvalue weighted by atomic mass is 9.98. The molecule has 0 fully saturated rings. The second-order valence-electron chi connectivity index (χ2n) is 8.56. The first-order valence-electron chi connectivity index (χ1n) is 11.6. The van der Waals surface area contributed by atoms with E-state index in [-0.39, 0.29) is 11.9 Å². The molecule has 1 amide bonds. The summed E-state index contributed by atoms with van der Waals surface area (Å²) >= 11 is 6.14. The Bertz CT molecular complexity index is 1400. The van der Waals surface area contributed by atoms with Gasteiger partial charge < -0.3 is 0 Å². The van der Waals surface area contributed by atoms with E-state index in [0.717, 1.165) is 34.5 Å². The fourth-order valence-electron chi connectivity index (χ4n) is 4.06. The van der Waals surface area contributed by atoms with Gasteiger partial charge in [0, 0.05) is 29.4 Å². The van der Waals surface area contributed by atoms with Crippen molar-refractivity contribution in [2.45, 2.75) is 19.4 Å². The zero-order chi connectivity index (χ0) is 24.9. The summed E-state index contributed by atoms with van der Waals surface area (Å²) in [6, 6.07) is 27.7. The maximum Gasteiger partial charge on any atom is 0.271 e. The van der Waals surface area contributed by atoms with E-state index in [0.29, 0.717) is 10.6 Å². The first kappa shape index (κ1) is 23.5. The Kier molecular flexibility index (Phi) is 6.87. The lowest BCUT2D eigenvalue weighted by Gasteiger charge is -2.24. The van der Waals surface area contributed by atoms with E-state index in [1.54, 1.807) is 30.7 Å². The molecule has 0 radical (unpaired) electrons. The SMILES string of the molecule is Cc1ccc(C2=NN(c3ccc(/C=N\NC(=O)c4ccncc4)cc3)C(c3ccc(Cl)cc3)C2)cc1. The van der Waals surface area contributed by atoms with Gasteiger partial charge in [0.05, 0.1) is 23.7 Å². The summed E-state index contributed by atoms with van der Waals surface area (Å²) in [5.74, 6) is -0.286. The average molecular weight is 494 g/mol. The Morgan fingerprint density at radius 2 is 1.67 bits per heavy atom. The van der Waals surface area contributed by atoms with E-state index in [1.807, 2.05) is 36.4 Å². The largest absolute Gasteiger partial charge is 0.271 e. The number of aryl methyl sites for hydroxylation is 1. The van der Waals surface area contributed by atoms with Gasteiger partial charge in [-0.1, -0.05) is 65.7 Å². The minimum atomic E-state index is -0.286. The molecule has 36 heavy (non-hydrogen) atoms. The van der Waals surface area contributed by atoms with Gasteiger partial charge in [-0.25, -0.2) is 5.43 Å².